The summed E-state index contributed by atoms with van der Waals surface area (Å²) in [5.74, 6) is 0.118. The zero-order valence-electron chi connectivity index (χ0n) is 13.4. The summed E-state index contributed by atoms with van der Waals surface area (Å²) in [4.78, 5) is 23.1. The second-order valence-corrected chi connectivity index (χ2v) is 5.76. The summed E-state index contributed by atoms with van der Waals surface area (Å²) in [6.45, 7) is 8.81. The van der Waals surface area contributed by atoms with Gasteiger partial charge in [0.15, 0.2) is 0 Å². The molecule has 0 saturated carbocycles. The van der Waals surface area contributed by atoms with Crippen LogP contribution in [0, 0.1) is 12.8 Å². The van der Waals surface area contributed by atoms with Gasteiger partial charge in [0.05, 0.1) is 5.92 Å². The van der Waals surface area contributed by atoms with Crippen LogP contribution in [0.5, 0.6) is 0 Å². The lowest BCUT2D eigenvalue weighted by Gasteiger charge is -2.21. The van der Waals surface area contributed by atoms with Crippen molar-refractivity contribution in [1.29, 1.82) is 0 Å². The quantitative estimate of drug-likeness (QED) is 0.757. The van der Waals surface area contributed by atoms with Crippen molar-refractivity contribution in [3.8, 4) is 0 Å². The number of carbonyl (C=O) groups excluding carboxylic acids is 2. The molecule has 1 aromatic carbocycles. The van der Waals surface area contributed by atoms with Crippen LogP contribution in [0.2, 0.25) is 0 Å². The van der Waals surface area contributed by atoms with E-state index < -0.39 is 0 Å². The van der Waals surface area contributed by atoms with Gasteiger partial charge in [0.1, 0.15) is 0 Å². The van der Waals surface area contributed by atoms with Crippen molar-refractivity contribution in [2.75, 3.05) is 13.1 Å². The van der Waals surface area contributed by atoms with Crippen LogP contribution in [0.4, 0.5) is 0 Å². The Morgan fingerprint density at radius 2 is 1.62 bits per heavy atom. The lowest BCUT2D eigenvalue weighted by molar-refractivity contribution is -0.123. The standard InChI is InChI=1S/C17H26N2O2/c1-12(2)16(15-8-6-13(3)7-9-15)17(21)19-11-5-10-18-14(4)20/h6-9,12,16H,5,10-11H2,1-4H3,(H,18,20)(H,19,21). The van der Waals surface area contributed by atoms with Crippen molar-refractivity contribution < 1.29 is 9.59 Å². The van der Waals surface area contributed by atoms with E-state index in [0.29, 0.717) is 13.1 Å². The second-order valence-electron chi connectivity index (χ2n) is 5.76. The van der Waals surface area contributed by atoms with Crippen LogP contribution in [0.15, 0.2) is 24.3 Å². The van der Waals surface area contributed by atoms with E-state index in [2.05, 4.69) is 24.5 Å². The van der Waals surface area contributed by atoms with E-state index in [0.717, 1.165) is 12.0 Å². The molecule has 1 atom stereocenters. The smallest absolute Gasteiger partial charge is 0.227 e. The number of hydrogen-bond acceptors (Lipinski definition) is 2. The Bertz CT molecular complexity index is 466. The van der Waals surface area contributed by atoms with Crippen LogP contribution in [0.25, 0.3) is 0 Å². The molecule has 2 N–H and O–H groups in total. The Morgan fingerprint density at radius 3 is 2.14 bits per heavy atom. The molecule has 4 heteroatoms. The van der Waals surface area contributed by atoms with Gasteiger partial charge in [-0.25, -0.2) is 0 Å². The average Bonchev–Trinajstić information content (AvgIpc) is 2.40. The third-order valence-corrected chi connectivity index (χ3v) is 3.41. The Morgan fingerprint density at radius 1 is 1.05 bits per heavy atom. The molecule has 116 valence electrons. The Kier molecular flexibility index (Phi) is 6.92. The summed E-state index contributed by atoms with van der Waals surface area (Å²) in [5.41, 5.74) is 2.24. The van der Waals surface area contributed by atoms with Gasteiger partial charge in [-0.15, -0.1) is 0 Å². The van der Waals surface area contributed by atoms with Crippen LogP contribution in [0.3, 0.4) is 0 Å². The molecule has 4 nitrogen and oxygen atoms in total. The van der Waals surface area contributed by atoms with Gasteiger partial charge in [0, 0.05) is 20.0 Å². The van der Waals surface area contributed by atoms with Gasteiger partial charge in [0.25, 0.3) is 0 Å². The minimum absolute atomic E-state index is 0.0407. The van der Waals surface area contributed by atoms with Crippen molar-refractivity contribution in [2.45, 2.75) is 40.0 Å². The number of hydrogen-bond donors (Lipinski definition) is 2. The largest absolute Gasteiger partial charge is 0.356 e. The molecule has 0 aliphatic carbocycles. The maximum atomic E-state index is 12.4. The van der Waals surface area contributed by atoms with E-state index in [4.69, 9.17) is 0 Å². The van der Waals surface area contributed by atoms with Gasteiger partial charge in [-0.2, -0.15) is 0 Å². The fourth-order valence-corrected chi connectivity index (χ4v) is 2.29. The van der Waals surface area contributed by atoms with E-state index >= 15 is 0 Å². The first-order valence-electron chi connectivity index (χ1n) is 7.50. The maximum Gasteiger partial charge on any atom is 0.227 e. The molecule has 0 saturated heterocycles. The predicted molar refractivity (Wildman–Crippen MR) is 85.1 cm³/mol. The monoisotopic (exact) mass is 290 g/mol. The molecule has 21 heavy (non-hydrogen) atoms. The molecule has 0 spiro atoms. The summed E-state index contributed by atoms with van der Waals surface area (Å²) < 4.78 is 0. The summed E-state index contributed by atoms with van der Waals surface area (Å²) in [6, 6.07) is 8.12. The fraction of sp³-hybridized carbons (Fsp3) is 0.529. The van der Waals surface area contributed by atoms with Crippen molar-refractivity contribution in [1.82, 2.24) is 10.6 Å². The van der Waals surface area contributed by atoms with Crippen molar-refractivity contribution >= 4 is 11.8 Å². The topological polar surface area (TPSA) is 58.2 Å². The minimum Gasteiger partial charge on any atom is -0.356 e. The molecular formula is C17H26N2O2. The number of aryl methyl sites for hydroxylation is 1. The molecule has 0 heterocycles. The highest BCUT2D eigenvalue weighted by Gasteiger charge is 2.23. The highest BCUT2D eigenvalue weighted by Crippen LogP contribution is 2.24. The fourth-order valence-electron chi connectivity index (χ4n) is 2.29. The summed E-state index contributed by atoms with van der Waals surface area (Å²) in [7, 11) is 0. The van der Waals surface area contributed by atoms with Crippen molar-refractivity contribution in [3.05, 3.63) is 35.4 Å². The second kappa shape index (κ2) is 8.45. The van der Waals surface area contributed by atoms with Gasteiger partial charge in [-0.3, -0.25) is 9.59 Å². The molecule has 2 amide bonds. The first-order chi connectivity index (χ1) is 9.91. The SMILES string of the molecule is CC(=O)NCCCNC(=O)C(c1ccc(C)cc1)C(C)C. The zero-order chi connectivity index (χ0) is 15.8. The number of nitrogens with one attached hydrogen (secondary N) is 2. The summed E-state index contributed by atoms with van der Waals surface area (Å²) in [6.07, 6.45) is 0.740. The third-order valence-electron chi connectivity index (χ3n) is 3.41. The highest BCUT2D eigenvalue weighted by molar-refractivity contribution is 5.83. The molecule has 1 unspecified atom stereocenters. The first kappa shape index (κ1) is 17.2. The van der Waals surface area contributed by atoms with Crippen LogP contribution in [0.1, 0.15) is 44.2 Å². The Hall–Kier alpha value is -1.84. The average molecular weight is 290 g/mol. The van der Waals surface area contributed by atoms with E-state index in [9.17, 15) is 9.59 Å². The Balaban J connectivity index is 2.54. The van der Waals surface area contributed by atoms with Gasteiger partial charge in [-0.1, -0.05) is 43.7 Å². The normalized spacial score (nSPS) is 12.0. The molecule has 0 radical (unpaired) electrons. The molecule has 0 bridgehead atoms. The summed E-state index contributed by atoms with van der Waals surface area (Å²) in [5, 5.41) is 5.68. The van der Waals surface area contributed by atoms with E-state index in [1.165, 1.54) is 12.5 Å². The predicted octanol–water partition coefficient (Wildman–Crippen LogP) is 2.38. The number of rotatable bonds is 7. The van der Waals surface area contributed by atoms with Gasteiger partial charge in [0.2, 0.25) is 11.8 Å². The third kappa shape index (κ3) is 5.98. The molecule has 0 aliphatic rings. The van der Waals surface area contributed by atoms with Gasteiger partial charge < -0.3 is 10.6 Å². The molecule has 0 aliphatic heterocycles. The van der Waals surface area contributed by atoms with Crippen LogP contribution in [-0.2, 0) is 9.59 Å². The minimum atomic E-state index is -0.133. The van der Waals surface area contributed by atoms with E-state index in [1.807, 2.05) is 31.2 Å². The van der Waals surface area contributed by atoms with E-state index in [1.54, 1.807) is 0 Å². The molecular weight excluding hydrogens is 264 g/mol. The zero-order valence-corrected chi connectivity index (χ0v) is 13.4. The van der Waals surface area contributed by atoms with Crippen LogP contribution >= 0.6 is 0 Å². The van der Waals surface area contributed by atoms with Crippen molar-refractivity contribution in [3.63, 3.8) is 0 Å². The van der Waals surface area contributed by atoms with Gasteiger partial charge in [-0.05, 0) is 24.8 Å². The van der Waals surface area contributed by atoms with E-state index in [-0.39, 0.29) is 23.7 Å². The first-order valence-corrected chi connectivity index (χ1v) is 7.50. The molecule has 0 aromatic heterocycles. The van der Waals surface area contributed by atoms with Crippen LogP contribution in [-0.4, -0.2) is 24.9 Å². The number of benzene rings is 1. The number of amides is 2. The molecule has 1 rings (SSSR count). The highest BCUT2D eigenvalue weighted by atomic mass is 16.2. The van der Waals surface area contributed by atoms with Crippen LogP contribution < -0.4 is 10.6 Å². The molecule has 1 aromatic rings. The Labute approximate surface area is 127 Å². The lowest BCUT2D eigenvalue weighted by Crippen LogP contribution is -2.34. The van der Waals surface area contributed by atoms with Gasteiger partial charge >= 0.3 is 0 Å². The molecule has 0 fully saturated rings. The van der Waals surface area contributed by atoms with Crippen molar-refractivity contribution in [2.24, 2.45) is 5.92 Å². The maximum absolute atomic E-state index is 12.4. The lowest BCUT2D eigenvalue weighted by atomic mass is 9.87. The summed E-state index contributed by atoms with van der Waals surface area (Å²) >= 11 is 0. The number of carbonyl (C=O) groups is 2.